The molecule has 0 aromatic heterocycles. The number of aryl methyl sites for hydroxylation is 2. The molecule has 0 atom stereocenters. The van der Waals surface area contributed by atoms with Crippen molar-refractivity contribution in [2.75, 3.05) is 10.2 Å². The summed E-state index contributed by atoms with van der Waals surface area (Å²) in [7, 11) is 0. The van der Waals surface area contributed by atoms with Gasteiger partial charge in [0.1, 0.15) is 0 Å². The molecule has 34 heavy (non-hydrogen) atoms. The number of amides is 2. The molecule has 1 aliphatic rings. The average Bonchev–Trinajstić information content (AvgIpc) is 3.01. The van der Waals surface area contributed by atoms with Gasteiger partial charge >= 0.3 is 0 Å². The van der Waals surface area contributed by atoms with Gasteiger partial charge < -0.3 is 10.2 Å². The van der Waals surface area contributed by atoms with E-state index in [-0.39, 0.29) is 11.8 Å². The monoisotopic (exact) mass is 464 g/mol. The fourth-order valence-corrected chi connectivity index (χ4v) is 5.35. The van der Waals surface area contributed by atoms with Crippen molar-refractivity contribution in [3.8, 4) is 0 Å². The SMILES string of the molecule is Cc1cccc(C)c1C(=O)Nc1ccc(C(=O)N2Cc3ccccc3Sc3ccccc32)cc1. The number of hydrogen-bond donors (Lipinski definition) is 1. The summed E-state index contributed by atoms with van der Waals surface area (Å²) in [5, 5.41) is 2.96. The largest absolute Gasteiger partial charge is 0.322 e. The number of carbonyl (C=O) groups is 2. The van der Waals surface area contributed by atoms with Crippen LogP contribution in [0.25, 0.3) is 0 Å². The summed E-state index contributed by atoms with van der Waals surface area (Å²) in [6, 6.07) is 29.1. The molecule has 0 saturated carbocycles. The second kappa shape index (κ2) is 9.20. The highest BCUT2D eigenvalue weighted by atomic mass is 32.2. The van der Waals surface area contributed by atoms with E-state index in [1.54, 1.807) is 36.0 Å². The first-order chi connectivity index (χ1) is 16.5. The third-order valence-corrected chi connectivity index (χ3v) is 7.20. The molecule has 4 aromatic rings. The maximum Gasteiger partial charge on any atom is 0.258 e. The second-order valence-corrected chi connectivity index (χ2v) is 9.45. The lowest BCUT2D eigenvalue weighted by Crippen LogP contribution is -2.30. The van der Waals surface area contributed by atoms with Crippen molar-refractivity contribution in [2.45, 2.75) is 30.2 Å². The van der Waals surface area contributed by atoms with Crippen LogP contribution in [0, 0.1) is 13.8 Å². The Bertz CT molecular complexity index is 1380. The van der Waals surface area contributed by atoms with Gasteiger partial charge in [0, 0.05) is 26.6 Å². The first-order valence-corrected chi connectivity index (χ1v) is 12.0. The molecule has 0 aliphatic carbocycles. The minimum absolute atomic E-state index is 0.0719. The minimum Gasteiger partial charge on any atom is -0.322 e. The quantitative estimate of drug-likeness (QED) is 0.360. The molecule has 0 radical (unpaired) electrons. The van der Waals surface area contributed by atoms with Crippen LogP contribution in [0.4, 0.5) is 11.4 Å². The van der Waals surface area contributed by atoms with Crippen LogP contribution in [0.5, 0.6) is 0 Å². The molecular formula is C29H24N2O2S. The number of hydrogen-bond acceptors (Lipinski definition) is 3. The molecular weight excluding hydrogens is 440 g/mol. The molecule has 0 fully saturated rings. The van der Waals surface area contributed by atoms with Crippen molar-refractivity contribution in [2.24, 2.45) is 0 Å². The molecule has 0 spiro atoms. The van der Waals surface area contributed by atoms with Gasteiger partial charge in [0.2, 0.25) is 0 Å². The first-order valence-electron chi connectivity index (χ1n) is 11.2. The molecule has 0 bridgehead atoms. The van der Waals surface area contributed by atoms with Crippen LogP contribution in [0.1, 0.15) is 37.4 Å². The zero-order valence-corrected chi connectivity index (χ0v) is 19.9. The van der Waals surface area contributed by atoms with Gasteiger partial charge in [-0.3, -0.25) is 9.59 Å². The molecule has 168 valence electrons. The van der Waals surface area contributed by atoms with E-state index in [9.17, 15) is 9.59 Å². The topological polar surface area (TPSA) is 49.4 Å². The number of rotatable bonds is 3. The van der Waals surface area contributed by atoms with Crippen molar-refractivity contribution in [3.63, 3.8) is 0 Å². The number of nitrogens with zero attached hydrogens (tertiary/aromatic N) is 1. The summed E-state index contributed by atoms with van der Waals surface area (Å²) in [5.41, 5.74) is 5.80. The van der Waals surface area contributed by atoms with E-state index in [2.05, 4.69) is 23.5 Å². The highest BCUT2D eigenvalue weighted by Gasteiger charge is 2.25. The van der Waals surface area contributed by atoms with Gasteiger partial charge in [0.25, 0.3) is 11.8 Å². The second-order valence-electron chi connectivity index (χ2n) is 8.37. The Morgan fingerprint density at radius 3 is 2.15 bits per heavy atom. The number of fused-ring (bicyclic) bond motifs is 2. The Hall–Kier alpha value is -3.83. The molecule has 1 heterocycles. The lowest BCUT2D eigenvalue weighted by atomic mass is 10.0. The van der Waals surface area contributed by atoms with Gasteiger partial charge in [-0.1, -0.05) is 60.3 Å². The van der Waals surface area contributed by atoms with Gasteiger partial charge in [-0.15, -0.1) is 0 Å². The summed E-state index contributed by atoms with van der Waals surface area (Å²) in [6.07, 6.45) is 0. The molecule has 1 N–H and O–H groups in total. The van der Waals surface area contributed by atoms with Gasteiger partial charge in [0.05, 0.1) is 12.2 Å². The number of anilines is 2. The molecule has 5 heteroatoms. The maximum atomic E-state index is 13.6. The molecule has 4 aromatic carbocycles. The highest BCUT2D eigenvalue weighted by molar-refractivity contribution is 7.99. The minimum atomic E-state index is -0.148. The molecule has 0 saturated heterocycles. The smallest absolute Gasteiger partial charge is 0.258 e. The zero-order chi connectivity index (χ0) is 23.7. The number of nitrogens with one attached hydrogen (secondary N) is 1. The van der Waals surface area contributed by atoms with Crippen molar-refractivity contribution >= 4 is 35.0 Å². The normalized spacial score (nSPS) is 12.4. The predicted octanol–water partition coefficient (Wildman–Crippen LogP) is 6.87. The summed E-state index contributed by atoms with van der Waals surface area (Å²) in [6.45, 7) is 4.36. The van der Waals surface area contributed by atoms with E-state index in [0.29, 0.717) is 23.4 Å². The Labute approximate surface area is 203 Å². The van der Waals surface area contributed by atoms with E-state index in [1.807, 2.05) is 67.3 Å². The van der Waals surface area contributed by atoms with E-state index in [4.69, 9.17) is 0 Å². The summed E-state index contributed by atoms with van der Waals surface area (Å²) in [5.74, 6) is -0.220. The number of para-hydroxylation sites is 1. The van der Waals surface area contributed by atoms with Crippen molar-refractivity contribution in [1.82, 2.24) is 0 Å². The maximum absolute atomic E-state index is 13.6. The first kappa shape index (κ1) is 22.0. The zero-order valence-electron chi connectivity index (χ0n) is 19.0. The average molecular weight is 465 g/mol. The molecule has 5 rings (SSSR count). The Morgan fingerprint density at radius 1 is 0.765 bits per heavy atom. The molecule has 1 aliphatic heterocycles. The van der Waals surface area contributed by atoms with E-state index >= 15 is 0 Å². The van der Waals surface area contributed by atoms with Crippen molar-refractivity contribution < 1.29 is 9.59 Å². The van der Waals surface area contributed by atoms with Crippen LogP contribution in [-0.4, -0.2) is 11.8 Å². The Kier molecular flexibility index (Phi) is 5.95. The molecule has 4 nitrogen and oxygen atoms in total. The summed E-state index contributed by atoms with van der Waals surface area (Å²) >= 11 is 1.69. The highest BCUT2D eigenvalue weighted by Crippen LogP contribution is 2.41. The lowest BCUT2D eigenvalue weighted by molar-refractivity contribution is 0.0983. The summed E-state index contributed by atoms with van der Waals surface area (Å²) in [4.78, 5) is 30.5. The third-order valence-electron chi connectivity index (χ3n) is 6.02. The van der Waals surface area contributed by atoms with E-state index in [1.165, 1.54) is 0 Å². The van der Waals surface area contributed by atoms with Crippen molar-refractivity contribution in [3.05, 3.63) is 119 Å². The van der Waals surface area contributed by atoms with Gasteiger partial charge in [0.15, 0.2) is 0 Å². The Morgan fingerprint density at radius 2 is 1.41 bits per heavy atom. The third kappa shape index (κ3) is 4.22. The lowest BCUT2D eigenvalue weighted by Gasteiger charge is -2.23. The molecule has 2 amide bonds. The van der Waals surface area contributed by atoms with Crippen LogP contribution >= 0.6 is 11.8 Å². The number of carbonyl (C=O) groups excluding carboxylic acids is 2. The van der Waals surface area contributed by atoms with Gasteiger partial charge in [-0.25, -0.2) is 0 Å². The van der Waals surface area contributed by atoms with Crippen LogP contribution in [0.15, 0.2) is 101 Å². The van der Waals surface area contributed by atoms with E-state index in [0.717, 1.165) is 32.2 Å². The van der Waals surface area contributed by atoms with Crippen LogP contribution in [-0.2, 0) is 6.54 Å². The fourth-order valence-electron chi connectivity index (χ4n) is 4.27. The number of benzene rings is 4. The predicted molar refractivity (Wildman–Crippen MR) is 138 cm³/mol. The summed E-state index contributed by atoms with van der Waals surface area (Å²) < 4.78 is 0. The Balaban J connectivity index is 1.40. The fraction of sp³-hybridized carbons (Fsp3) is 0.103. The van der Waals surface area contributed by atoms with Gasteiger partial charge in [-0.05, 0) is 73.0 Å². The standard InChI is InChI=1S/C29H24N2O2S/c1-19-8-7-9-20(2)27(19)28(32)30-23-16-14-21(15-17-23)29(33)31-18-22-10-3-5-12-25(22)34-26-13-6-4-11-24(26)31/h3-17H,18H2,1-2H3,(H,30,32). The van der Waals surface area contributed by atoms with E-state index < -0.39 is 0 Å². The molecule has 0 unspecified atom stereocenters. The van der Waals surface area contributed by atoms with Gasteiger partial charge in [-0.2, -0.15) is 0 Å². The van der Waals surface area contributed by atoms with Crippen LogP contribution < -0.4 is 10.2 Å². The van der Waals surface area contributed by atoms with Crippen LogP contribution in [0.3, 0.4) is 0 Å². The van der Waals surface area contributed by atoms with Crippen LogP contribution in [0.2, 0.25) is 0 Å². The van der Waals surface area contributed by atoms with Crippen molar-refractivity contribution in [1.29, 1.82) is 0 Å².